The molecule has 0 saturated heterocycles. The van der Waals surface area contributed by atoms with Gasteiger partial charge in [-0.25, -0.2) is 4.39 Å². The van der Waals surface area contributed by atoms with Gasteiger partial charge in [-0.2, -0.15) is 0 Å². The molecule has 0 bridgehead atoms. The molecule has 0 fully saturated rings. The number of rotatable bonds is 2. The lowest BCUT2D eigenvalue weighted by molar-refractivity contribution is 0.618. The highest BCUT2D eigenvalue weighted by atomic mass is 19.1. The molecular formula is C9H8FN. The molecule has 1 heterocycles. The van der Waals surface area contributed by atoms with Crippen LogP contribution in [-0.2, 0) is 6.42 Å². The first-order valence-electron chi connectivity index (χ1n) is 3.36. The molecule has 0 aliphatic rings. The van der Waals surface area contributed by atoms with Crippen molar-refractivity contribution in [2.45, 2.75) is 12.8 Å². The third kappa shape index (κ3) is 2.38. The van der Waals surface area contributed by atoms with E-state index in [1.165, 1.54) is 12.3 Å². The Labute approximate surface area is 65.3 Å². The van der Waals surface area contributed by atoms with Crippen LogP contribution in [0.2, 0.25) is 0 Å². The first-order valence-corrected chi connectivity index (χ1v) is 3.36. The second kappa shape index (κ2) is 3.72. The fourth-order valence-electron chi connectivity index (χ4n) is 0.809. The van der Waals surface area contributed by atoms with E-state index in [0.717, 1.165) is 5.56 Å². The number of aryl methyl sites for hydroxylation is 1. The molecular weight excluding hydrogens is 141 g/mol. The lowest BCUT2D eigenvalue weighted by Gasteiger charge is -1.94. The van der Waals surface area contributed by atoms with E-state index in [-0.39, 0.29) is 5.82 Å². The predicted molar refractivity (Wildman–Crippen MR) is 41.3 cm³/mol. The maximum atomic E-state index is 12.5. The number of pyridine rings is 1. The number of nitrogens with zero attached hydrogens (tertiary/aromatic N) is 1. The van der Waals surface area contributed by atoms with Gasteiger partial charge in [0.1, 0.15) is 5.82 Å². The Morgan fingerprint density at radius 1 is 1.55 bits per heavy atom. The molecule has 1 rings (SSSR count). The zero-order valence-corrected chi connectivity index (χ0v) is 6.05. The Hall–Kier alpha value is -1.36. The highest BCUT2D eigenvalue weighted by Gasteiger charge is 1.93. The predicted octanol–water partition coefficient (Wildman–Crippen LogP) is 1.79. The van der Waals surface area contributed by atoms with Gasteiger partial charge in [0.15, 0.2) is 0 Å². The van der Waals surface area contributed by atoms with Crippen LogP contribution in [0, 0.1) is 18.2 Å². The topological polar surface area (TPSA) is 12.9 Å². The van der Waals surface area contributed by atoms with E-state index in [1.807, 2.05) is 0 Å². The van der Waals surface area contributed by atoms with Crippen LogP contribution >= 0.6 is 0 Å². The average molecular weight is 149 g/mol. The molecule has 0 saturated carbocycles. The zero-order chi connectivity index (χ0) is 8.10. The van der Waals surface area contributed by atoms with Crippen molar-refractivity contribution in [3.8, 4) is 12.3 Å². The van der Waals surface area contributed by atoms with Gasteiger partial charge in [0, 0.05) is 12.6 Å². The second-order valence-electron chi connectivity index (χ2n) is 2.22. The Morgan fingerprint density at radius 3 is 3.00 bits per heavy atom. The zero-order valence-electron chi connectivity index (χ0n) is 6.05. The summed E-state index contributed by atoms with van der Waals surface area (Å²) in [7, 11) is 0. The number of terminal acetylenes is 1. The number of halogens is 1. The standard InChI is InChI=1S/C9H8FN/c1-2-3-4-8-5-9(10)7-11-6-8/h1,5-7H,3-4H2. The van der Waals surface area contributed by atoms with Crippen molar-refractivity contribution in [1.29, 1.82) is 0 Å². The normalized spacial score (nSPS) is 9.09. The van der Waals surface area contributed by atoms with Gasteiger partial charge >= 0.3 is 0 Å². The third-order valence-electron chi connectivity index (χ3n) is 1.32. The van der Waals surface area contributed by atoms with Crippen LogP contribution in [0.1, 0.15) is 12.0 Å². The minimum Gasteiger partial charge on any atom is -0.261 e. The molecule has 11 heavy (non-hydrogen) atoms. The summed E-state index contributed by atoms with van der Waals surface area (Å²) in [5, 5.41) is 0. The molecule has 2 heteroatoms. The van der Waals surface area contributed by atoms with Crippen LogP contribution < -0.4 is 0 Å². The lowest BCUT2D eigenvalue weighted by Crippen LogP contribution is -1.86. The van der Waals surface area contributed by atoms with Crippen molar-refractivity contribution in [3.05, 3.63) is 29.8 Å². The van der Waals surface area contributed by atoms with Gasteiger partial charge in [-0.1, -0.05) is 0 Å². The van der Waals surface area contributed by atoms with E-state index in [0.29, 0.717) is 12.8 Å². The van der Waals surface area contributed by atoms with Crippen LogP contribution in [-0.4, -0.2) is 4.98 Å². The molecule has 0 radical (unpaired) electrons. The monoisotopic (exact) mass is 149 g/mol. The molecule has 1 nitrogen and oxygen atoms in total. The van der Waals surface area contributed by atoms with E-state index >= 15 is 0 Å². The molecule has 0 aliphatic heterocycles. The van der Waals surface area contributed by atoms with E-state index in [2.05, 4.69) is 10.9 Å². The van der Waals surface area contributed by atoms with Crippen molar-refractivity contribution < 1.29 is 4.39 Å². The Morgan fingerprint density at radius 2 is 2.36 bits per heavy atom. The van der Waals surface area contributed by atoms with Crippen LogP contribution in [0.25, 0.3) is 0 Å². The van der Waals surface area contributed by atoms with E-state index in [4.69, 9.17) is 6.42 Å². The van der Waals surface area contributed by atoms with Crippen molar-refractivity contribution in [2.75, 3.05) is 0 Å². The average Bonchev–Trinajstić information content (AvgIpc) is 2.01. The van der Waals surface area contributed by atoms with Gasteiger partial charge in [0.25, 0.3) is 0 Å². The van der Waals surface area contributed by atoms with Gasteiger partial charge in [0.05, 0.1) is 6.20 Å². The Balaban J connectivity index is 2.65. The summed E-state index contributed by atoms with van der Waals surface area (Å²) < 4.78 is 12.5. The first-order chi connectivity index (χ1) is 5.33. The van der Waals surface area contributed by atoms with Crippen molar-refractivity contribution >= 4 is 0 Å². The number of hydrogen-bond acceptors (Lipinski definition) is 1. The summed E-state index contributed by atoms with van der Waals surface area (Å²) in [6, 6.07) is 1.45. The van der Waals surface area contributed by atoms with E-state index in [1.54, 1.807) is 6.20 Å². The van der Waals surface area contributed by atoms with Gasteiger partial charge < -0.3 is 0 Å². The number of hydrogen-bond donors (Lipinski definition) is 0. The molecule has 0 aliphatic carbocycles. The summed E-state index contributed by atoms with van der Waals surface area (Å²) in [5.74, 6) is 2.18. The molecule has 1 aromatic rings. The molecule has 0 unspecified atom stereocenters. The van der Waals surface area contributed by atoms with Gasteiger partial charge in [0.2, 0.25) is 0 Å². The summed E-state index contributed by atoms with van der Waals surface area (Å²) >= 11 is 0. The summed E-state index contributed by atoms with van der Waals surface area (Å²) in [6.45, 7) is 0. The van der Waals surface area contributed by atoms with Crippen molar-refractivity contribution in [3.63, 3.8) is 0 Å². The maximum absolute atomic E-state index is 12.5. The molecule has 0 atom stereocenters. The largest absolute Gasteiger partial charge is 0.261 e. The van der Waals surface area contributed by atoms with Crippen molar-refractivity contribution in [2.24, 2.45) is 0 Å². The Bertz CT molecular complexity index is 275. The molecule has 1 aromatic heterocycles. The van der Waals surface area contributed by atoms with E-state index < -0.39 is 0 Å². The van der Waals surface area contributed by atoms with Crippen LogP contribution in [0.4, 0.5) is 4.39 Å². The summed E-state index contributed by atoms with van der Waals surface area (Å²) in [5.41, 5.74) is 0.850. The smallest absolute Gasteiger partial charge is 0.141 e. The van der Waals surface area contributed by atoms with Crippen LogP contribution in [0.5, 0.6) is 0 Å². The summed E-state index contributed by atoms with van der Waals surface area (Å²) in [4.78, 5) is 3.69. The molecule has 0 amide bonds. The molecule has 56 valence electrons. The lowest BCUT2D eigenvalue weighted by atomic mass is 10.2. The van der Waals surface area contributed by atoms with Crippen LogP contribution in [0.3, 0.4) is 0 Å². The number of aromatic nitrogens is 1. The quantitative estimate of drug-likeness (QED) is 0.584. The van der Waals surface area contributed by atoms with Gasteiger partial charge in [-0.3, -0.25) is 4.98 Å². The Kier molecular flexibility index (Phi) is 2.62. The van der Waals surface area contributed by atoms with Gasteiger partial charge in [-0.05, 0) is 18.1 Å². The minimum atomic E-state index is -0.306. The fourth-order valence-corrected chi connectivity index (χ4v) is 0.809. The molecule has 0 aromatic carbocycles. The third-order valence-corrected chi connectivity index (χ3v) is 1.32. The highest BCUT2D eigenvalue weighted by Crippen LogP contribution is 2.02. The summed E-state index contributed by atoms with van der Waals surface area (Å²) in [6.07, 6.45) is 9.18. The van der Waals surface area contributed by atoms with Gasteiger partial charge in [-0.15, -0.1) is 12.3 Å². The molecule has 0 spiro atoms. The maximum Gasteiger partial charge on any atom is 0.141 e. The minimum absolute atomic E-state index is 0.306. The first kappa shape index (κ1) is 7.74. The SMILES string of the molecule is C#CCCc1cncc(F)c1. The second-order valence-corrected chi connectivity index (χ2v) is 2.22. The highest BCUT2D eigenvalue weighted by molar-refractivity contribution is 5.11. The van der Waals surface area contributed by atoms with E-state index in [9.17, 15) is 4.39 Å². The van der Waals surface area contributed by atoms with Crippen LogP contribution in [0.15, 0.2) is 18.5 Å². The molecule has 0 N–H and O–H groups in total. The van der Waals surface area contributed by atoms with Crippen molar-refractivity contribution in [1.82, 2.24) is 4.98 Å². The fraction of sp³-hybridized carbons (Fsp3) is 0.222.